The molecule has 0 saturated heterocycles. The van der Waals surface area contributed by atoms with Crippen LogP contribution < -0.4 is 0 Å². The average molecular weight is 326 g/mol. The van der Waals surface area contributed by atoms with Gasteiger partial charge in [0.25, 0.3) is 0 Å². The van der Waals surface area contributed by atoms with E-state index in [0.717, 1.165) is 7.11 Å². The van der Waals surface area contributed by atoms with E-state index in [1.54, 1.807) is 30.3 Å². The summed E-state index contributed by atoms with van der Waals surface area (Å²) in [5, 5.41) is 9.99. The fourth-order valence-corrected chi connectivity index (χ4v) is 1.92. The van der Waals surface area contributed by atoms with Crippen LogP contribution in [0.3, 0.4) is 0 Å². The van der Waals surface area contributed by atoms with Gasteiger partial charge in [-0.1, -0.05) is 30.3 Å². The number of benzene rings is 1. The SMILES string of the molecule is COC(=O)C(O)(CCc1ccccc1)CC(F)(F)C(F)(F)F. The summed E-state index contributed by atoms with van der Waals surface area (Å²) < 4.78 is 67.3. The Kier molecular flexibility index (Phi) is 5.50. The van der Waals surface area contributed by atoms with Gasteiger partial charge in [0.15, 0.2) is 5.60 Å². The molecule has 0 saturated carbocycles. The van der Waals surface area contributed by atoms with Gasteiger partial charge >= 0.3 is 18.1 Å². The van der Waals surface area contributed by atoms with Crippen LogP contribution in [0.2, 0.25) is 0 Å². The number of aliphatic hydroxyl groups is 1. The Balaban J connectivity index is 2.93. The Hall–Kier alpha value is -1.70. The summed E-state index contributed by atoms with van der Waals surface area (Å²) in [4.78, 5) is 11.5. The molecule has 0 bridgehead atoms. The smallest absolute Gasteiger partial charge is 0.453 e. The van der Waals surface area contributed by atoms with E-state index in [-0.39, 0.29) is 6.42 Å². The van der Waals surface area contributed by atoms with Gasteiger partial charge in [0.2, 0.25) is 0 Å². The third kappa shape index (κ3) is 4.40. The Morgan fingerprint density at radius 3 is 2.14 bits per heavy atom. The largest absolute Gasteiger partial charge is 0.467 e. The number of carbonyl (C=O) groups is 1. The molecule has 1 N–H and O–H groups in total. The van der Waals surface area contributed by atoms with Gasteiger partial charge in [0.1, 0.15) is 0 Å². The minimum absolute atomic E-state index is 0.0552. The zero-order valence-corrected chi connectivity index (χ0v) is 11.7. The molecule has 1 unspecified atom stereocenters. The summed E-state index contributed by atoms with van der Waals surface area (Å²) in [6.07, 6.45) is -8.61. The van der Waals surface area contributed by atoms with Gasteiger partial charge in [-0.15, -0.1) is 0 Å². The number of alkyl halides is 5. The van der Waals surface area contributed by atoms with Crippen molar-refractivity contribution in [2.24, 2.45) is 0 Å². The first-order valence-corrected chi connectivity index (χ1v) is 6.31. The first kappa shape index (κ1) is 18.3. The van der Waals surface area contributed by atoms with Crippen LogP contribution in [0, 0.1) is 0 Å². The number of esters is 1. The van der Waals surface area contributed by atoms with Crippen molar-refractivity contribution >= 4 is 5.97 Å². The number of rotatable bonds is 6. The Bertz CT molecular complexity index is 501. The standard InChI is InChI=1S/C14H15F5O3/c1-22-11(20)12(21,9-13(15,16)14(17,18)19)8-7-10-5-3-2-4-6-10/h2-6,21H,7-9H2,1H3. The molecule has 0 radical (unpaired) electrons. The first-order chi connectivity index (χ1) is 10.0. The van der Waals surface area contributed by atoms with Gasteiger partial charge in [-0.05, 0) is 18.4 Å². The molecule has 8 heteroatoms. The Morgan fingerprint density at radius 2 is 1.68 bits per heavy atom. The molecule has 1 aromatic carbocycles. The number of hydrogen-bond acceptors (Lipinski definition) is 3. The lowest BCUT2D eigenvalue weighted by atomic mass is 9.88. The summed E-state index contributed by atoms with van der Waals surface area (Å²) >= 11 is 0. The minimum Gasteiger partial charge on any atom is -0.467 e. The number of methoxy groups -OCH3 is 1. The predicted octanol–water partition coefficient (Wildman–Crippen LogP) is 3.11. The maximum absolute atomic E-state index is 13.2. The van der Waals surface area contributed by atoms with Crippen molar-refractivity contribution in [3.05, 3.63) is 35.9 Å². The van der Waals surface area contributed by atoms with Crippen molar-refractivity contribution in [3.8, 4) is 0 Å². The Labute approximate surface area is 123 Å². The fourth-order valence-electron chi connectivity index (χ4n) is 1.92. The van der Waals surface area contributed by atoms with E-state index in [1.165, 1.54) is 0 Å². The van der Waals surface area contributed by atoms with Crippen molar-refractivity contribution in [1.29, 1.82) is 0 Å². The second-order valence-corrected chi connectivity index (χ2v) is 4.89. The van der Waals surface area contributed by atoms with Crippen LogP contribution in [0.5, 0.6) is 0 Å². The molecule has 0 aromatic heterocycles. The zero-order chi connectivity index (χ0) is 17.0. The normalized spacial score (nSPS) is 15.2. The first-order valence-electron chi connectivity index (χ1n) is 6.31. The van der Waals surface area contributed by atoms with E-state index in [1.807, 2.05) is 0 Å². The quantitative estimate of drug-likeness (QED) is 0.645. The monoisotopic (exact) mass is 326 g/mol. The lowest BCUT2D eigenvalue weighted by Crippen LogP contribution is -2.50. The van der Waals surface area contributed by atoms with Gasteiger partial charge in [-0.2, -0.15) is 22.0 Å². The molecule has 0 heterocycles. The summed E-state index contributed by atoms with van der Waals surface area (Å²) in [7, 11) is 0.807. The average Bonchev–Trinajstić information content (AvgIpc) is 2.43. The molecule has 1 rings (SSSR count). The van der Waals surface area contributed by atoms with Crippen LogP contribution in [-0.4, -0.2) is 35.9 Å². The highest BCUT2D eigenvalue weighted by Gasteiger charge is 2.62. The molecular formula is C14H15F5O3. The molecule has 0 aliphatic heterocycles. The topological polar surface area (TPSA) is 46.5 Å². The molecule has 124 valence electrons. The van der Waals surface area contributed by atoms with Crippen molar-refractivity contribution in [2.45, 2.75) is 37.0 Å². The fraction of sp³-hybridized carbons (Fsp3) is 0.500. The molecule has 0 amide bonds. The van der Waals surface area contributed by atoms with Gasteiger partial charge in [-0.25, -0.2) is 4.79 Å². The van der Waals surface area contributed by atoms with Gasteiger partial charge in [-0.3, -0.25) is 0 Å². The van der Waals surface area contributed by atoms with Crippen molar-refractivity contribution < 1.29 is 36.6 Å². The van der Waals surface area contributed by atoms with E-state index in [4.69, 9.17) is 0 Å². The van der Waals surface area contributed by atoms with Crippen LogP contribution in [-0.2, 0) is 16.0 Å². The summed E-state index contributed by atoms with van der Waals surface area (Å²) in [6.45, 7) is 0. The second-order valence-electron chi connectivity index (χ2n) is 4.89. The third-order valence-corrected chi connectivity index (χ3v) is 3.16. The van der Waals surface area contributed by atoms with Gasteiger partial charge < -0.3 is 9.84 Å². The van der Waals surface area contributed by atoms with Crippen molar-refractivity contribution in [1.82, 2.24) is 0 Å². The molecule has 0 aliphatic carbocycles. The van der Waals surface area contributed by atoms with Crippen LogP contribution >= 0.6 is 0 Å². The lowest BCUT2D eigenvalue weighted by Gasteiger charge is -2.30. The highest BCUT2D eigenvalue weighted by molar-refractivity contribution is 5.79. The molecule has 0 fully saturated rings. The van der Waals surface area contributed by atoms with Crippen molar-refractivity contribution in [2.75, 3.05) is 7.11 Å². The highest BCUT2D eigenvalue weighted by Crippen LogP contribution is 2.42. The van der Waals surface area contributed by atoms with Crippen LogP contribution in [0.4, 0.5) is 22.0 Å². The van der Waals surface area contributed by atoms with E-state index < -0.39 is 36.5 Å². The minimum atomic E-state index is -5.86. The van der Waals surface area contributed by atoms with Crippen molar-refractivity contribution in [3.63, 3.8) is 0 Å². The predicted molar refractivity (Wildman–Crippen MR) is 67.3 cm³/mol. The van der Waals surface area contributed by atoms with E-state index in [0.29, 0.717) is 5.56 Å². The lowest BCUT2D eigenvalue weighted by molar-refractivity contribution is -0.296. The van der Waals surface area contributed by atoms with Gasteiger partial charge in [0.05, 0.1) is 13.5 Å². The van der Waals surface area contributed by atoms with Crippen LogP contribution in [0.1, 0.15) is 18.4 Å². The highest BCUT2D eigenvalue weighted by atomic mass is 19.4. The third-order valence-electron chi connectivity index (χ3n) is 3.16. The van der Waals surface area contributed by atoms with E-state index in [9.17, 15) is 31.9 Å². The molecular weight excluding hydrogens is 311 g/mol. The number of ether oxygens (including phenoxy) is 1. The number of carbonyl (C=O) groups excluding carboxylic acids is 1. The maximum atomic E-state index is 13.2. The van der Waals surface area contributed by atoms with E-state index in [2.05, 4.69) is 4.74 Å². The summed E-state index contributed by atoms with van der Waals surface area (Å²) in [6, 6.07) is 8.15. The molecule has 1 aromatic rings. The summed E-state index contributed by atoms with van der Waals surface area (Å²) in [5.74, 6) is -6.72. The molecule has 3 nitrogen and oxygen atoms in total. The maximum Gasteiger partial charge on any atom is 0.453 e. The molecule has 22 heavy (non-hydrogen) atoms. The second kappa shape index (κ2) is 6.60. The number of hydrogen-bond donors (Lipinski definition) is 1. The Morgan fingerprint density at radius 1 is 1.14 bits per heavy atom. The van der Waals surface area contributed by atoms with Gasteiger partial charge in [0, 0.05) is 0 Å². The summed E-state index contributed by atoms with van der Waals surface area (Å²) in [5.41, 5.74) is -2.34. The molecule has 1 atom stereocenters. The molecule has 0 spiro atoms. The number of aryl methyl sites for hydroxylation is 1. The van der Waals surface area contributed by atoms with Crippen LogP contribution in [0.15, 0.2) is 30.3 Å². The number of halogens is 5. The van der Waals surface area contributed by atoms with Crippen LogP contribution in [0.25, 0.3) is 0 Å². The molecule has 0 aliphatic rings. The van der Waals surface area contributed by atoms with E-state index >= 15 is 0 Å². The zero-order valence-electron chi connectivity index (χ0n) is 11.7.